The summed E-state index contributed by atoms with van der Waals surface area (Å²) in [4.78, 5) is 16.7. The number of nitrogens with one attached hydrogen (secondary N) is 1. The van der Waals surface area contributed by atoms with Crippen LogP contribution in [0.1, 0.15) is 44.6 Å². The molecule has 2 aliphatic rings. The monoisotopic (exact) mass is 465 g/mol. The van der Waals surface area contributed by atoms with Crippen molar-refractivity contribution < 1.29 is 9.53 Å². The largest absolute Gasteiger partial charge is 0.497 e. The summed E-state index contributed by atoms with van der Waals surface area (Å²) >= 11 is 3.69. The summed E-state index contributed by atoms with van der Waals surface area (Å²) in [6, 6.07) is 6.38. The molecule has 6 heteroatoms. The fourth-order valence-electron chi connectivity index (χ4n) is 4.67. The Bertz CT molecular complexity index is 662. The van der Waals surface area contributed by atoms with Crippen LogP contribution in [0.2, 0.25) is 0 Å². The zero-order valence-corrected chi connectivity index (χ0v) is 19.5. The number of ether oxygens (including phenoxy) is 1. The minimum atomic E-state index is 0.113. The van der Waals surface area contributed by atoms with E-state index in [1.165, 1.54) is 55.4 Å². The van der Waals surface area contributed by atoms with Gasteiger partial charge in [-0.05, 0) is 101 Å². The van der Waals surface area contributed by atoms with Gasteiger partial charge in [0.15, 0.2) is 0 Å². The Balaban J connectivity index is 1.39. The maximum absolute atomic E-state index is 12.1. The second-order valence-electron chi connectivity index (χ2n) is 8.52. The van der Waals surface area contributed by atoms with Gasteiger partial charge in [0.2, 0.25) is 0 Å². The molecule has 2 saturated heterocycles. The number of hydrogen-bond acceptors (Lipinski definition) is 3. The first-order valence-corrected chi connectivity index (χ1v) is 12.0. The number of likely N-dealkylation sites (tertiary alicyclic amines) is 2. The highest BCUT2D eigenvalue weighted by Gasteiger charge is 2.25. The lowest BCUT2D eigenvalue weighted by Gasteiger charge is -2.36. The lowest BCUT2D eigenvalue weighted by Crippen LogP contribution is -2.46. The van der Waals surface area contributed by atoms with Gasteiger partial charge in [0.05, 0.1) is 7.11 Å². The third kappa shape index (κ3) is 6.61. The van der Waals surface area contributed by atoms with Gasteiger partial charge in [-0.2, -0.15) is 0 Å². The molecule has 2 fully saturated rings. The van der Waals surface area contributed by atoms with Gasteiger partial charge in [-0.25, -0.2) is 4.79 Å². The Morgan fingerprint density at radius 1 is 1.21 bits per heavy atom. The maximum Gasteiger partial charge on any atom is 0.317 e. The molecule has 2 amide bonds. The van der Waals surface area contributed by atoms with Crippen LogP contribution >= 0.6 is 15.9 Å². The quantitative estimate of drug-likeness (QED) is 0.642. The van der Waals surface area contributed by atoms with Crippen molar-refractivity contribution in [2.45, 2.75) is 45.4 Å². The molecule has 0 spiro atoms. The number of amides is 2. The zero-order valence-electron chi connectivity index (χ0n) is 18.0. The summed E-state index contributed by atoms with van der Waals surface area (Å²) in [6.07, 6.45) is 7.26. The van der Waals surface area contributed by atoms with Gasteiger partial charge in [-0.3, -0.25) is 0 Å². The van der Waals surface area contributed by atoms with E-state index in [9.17, 15) is 4.79 Å². The predicted octanol–water partition coefficient (Wildman–Crippen LogP) is 4.54. The first kappa shape index (κ1) is 22.4. The van der Waals surface area contributed by atoms with Crippen LogP contribution in [-0.2, 0) is 6.42 Å². The number of halogens is 1. The van der Waals surface area contributed by atoms with Crippen molar-refractivity contribution in [2.24, 2.45) is 11.8 Å². The van der Waals surface area contributed by atoms with E-state index in [4.69, 9.17) is 4.74 Å². The molecule has 162 valence electrons. The van der Waals surface area contributed by atoms with E-state index >= 15 is 0 Å². The summed E-state index contributed by atoms with van der Waals surface area (Å²) in [5.74, 6) is 2.34. The van der Waals surface area contributed by atoms with E-state index in [-0.39, 0.29) is 6.03 Å². The van der Waals surface area contributed by atoms with Crippen LogP contribution in [0.3, 0.4) is 0 Å². The van der Waals surface area contributed by atoms with Crippen molar-refractivity contribution in [3.8, 4) is 5.75 Å². The van der Waals surface area contributed by atoms with Crippen molar-refractivity contribution in [3.05, 3.63) is 28.2 Å². The summed E-state index contributed by atoms with van der Waals surface area (Å²) < 4.78 is 6.57. The van der Waals surface area contributed by atoms with Crippen LogP contribution in [0.5, 0.6) is 5.75 Å². The van der Waals surface area contributed by atoms with Gasteiger partial charge in [-0.1, -0.05) is 15.9 Å². The second kappa shape index (κ2) is 11.2. The SMILES string of the molecule is CCNC(=O)N1CCCC(CCN2CCC(Cc3cc(OC)ccc3Br)CC2)C1. The average Bonchev–Trinajstić information content (AvgIpc) is 2.75. The molecular formula is C23H36BrN3O2. The fourth-order valence-corrected chi connectivity index (χ4v) is 5.08. The number of carbonyl (C=O) groups is 1. The first-order chi connectivity index (χ1) is 14.1. The predicted molar refractivity (Wildman–Crippen MR) is 122 cm³/mol. The highest BCUT2D eigenvalue weighted by atomic mass is 79.9. The van der Waals surface area contributed by atoms with E-state index in [2.05, 4.69) is 38.3 Å². The Labute approximate surface area is 184 Å². The molecule has 1 N–H and O–H groups in total. The molecule has 29 heavy (non-hydrogen) atoms. The number of hydrogen-bond donors (Lipinski definition) is 1. The standard InChI is InChI=1S/C23H36BrN3O2/c1-3-25-23(28)27-11-4-5-19(17-27)10-14-26-12-8-18(9-13-26)15-20-16-21(29-2)6-7-22(20)24/h6-7,16,18-19H,3-5,8-15,17H2,1-2H3,(H,25,28). The van der Waals surface area contributed by atoms with Crippen LogP contribution in [-0.4, -0.2) is 62.2 Å². The third-order valence-corrected chi connectivity index (χ3v) is 7.23. The van der Waals surface area contributed by atoms with Crippen LogP contribution in [0.4, 0.5) is 4.79 Å². The molecule has 0 aliphatic carbocycles. The molecule has 2 aliphatic heterocycles. The Morgan fingerprint density at radius 2 is 2.00 bits per heavy atom. The number of benzene rings is 1. The molecule has 0 radical (unpaired) electrons. The number of rotatable bonds is 7. The molecule has 3 rings (SSSR count). The normalized spacial score (nSPS) is 21.2. The van der Waals surface area contributed by atoms with Crippen molar-refractivity contribution >= 4 is 22.0 Å². The Hall–Kier alpha value is -1.27. The first-order valence-electron chi connectivity index (χ1n) is 11.2. The Kier molecular flexibility index (Phi) is 8.67. The van der Waals surface area contributed by atoms with Gasteiger partial charge in [0, 0.05) is 24.1 Å². The highest BCUT2D eigenvalue weighted by molar-refractivity contribution is 9.10. The Morgan fingerprint density at radius 3 is 2.72 bits per heavy atom. The number of urea groups is 1. The van der Waals surface area contributed by atoms with Gasteiger partial charge in [0.25, 0.3) is 0 Å². The molecule has 2 heterocycles. The van der Waals surface area contributed by atoms with Gasteiger partial charge in [0.1, 0.15) is 5.75 Å². The minimum Gasteiger partial charge on any atom is -0.497 e. The molecule has 0 bridgehead atoms. The summed E-state index contributed by atoms with van der Waals surface area (Å²) in [5.41, 5.74) is 1.36. The van der Waals surface area contributed by atoms with E-state index in [0.29, 0.717) is 12.5 Å². The second-order valence-corrected chi connectivity index (χ2v) is 9.38. The van der Waals surface area contributed by atoms with E-state index in [1.807, 2.05) is 17.9 Å². The van der Waals surface area contributed by atoms with Crippen LogP contribution in [0.15, 0.2) is 22.7 Å². The van der Waals surface area contributed by atoms with Crippen molar-refractivity contribution in [1.82, 2.24) is 15.1 Å². The van der Waals surface area contributed by atoms with Crippen molar-refractivity contribution in [1.29, 1.82) is 0 Å². The van der Waals surface area contributed by atoms with Crippen molar-refractivity contribution in [2.75, 3.05) is 46.4 Å². The molecule has 1 atom stereocenters. The molecule has 1 unspecified atom stereocenters. The van der Waals surface area contributed by atoms with E-state index in [0.717, 1.165) is 37.6 Å². The molecule has 5 nitrogen and oxygen atoms in total. The van der Waals surface area contributed by atoms with Crippen LogP contribution in [0, 0.1) is 11.8 Å². The lowest BCUT2D eigenvalue weighted by atomic mass is 9.89. The fraction of sp³-hybridized carbons (Fsp3) is 0.696. The minimum absolute atomic E-state index is 0.113. The maximum atomic E-state index is 12.1. The third-order valence-electron chi connectivity index (χ3n) is 6.46. The topological polar surface area (TPSA) is 44.8 Å². The number of piperidine rings is 2. The number of carbonyl (C=O) groups excluding carboxylic acids is 1. The van der Waals surface area contributed by atoms with Gasteiger partial charge < -0.3 is 19.9 Å². The summed E-state index contributed by atoms with van der Waals surface area (Å²) in [5, 5.41) is 2.94. The van der Waals surface area contributed by atoms with Crippen molar-refractivity contribution in [3.63, 3.8) is 0 Å². The summed E-state index contributed by atoms with van der Waals surface area (Å²) in [7, 11) is 1.73. The lowest BCUT2D eigenvalue weighted by molar-refractivity contribution is 0.140. The molecule has 0 aromatic heterocycles. The number of nitrogens with zero attached hydrogens (tertiary/aromatic N) is 2. The average molecular weight is 466 g/mol. The highest BCUT2D eigenvalue weighted by Crippen LogP contribution is 2.29. The molecular weight excluding hydrogens is 430 g/mol. The van der Waals surface area contributed by atoms with Gasteiger partial charge >= 0.3 is 6.03 Å². The molecule has 1 aromatic carbocycles. The molecule has 1 aromatic rings. The molecule has 0 saturated carbocycles. The zero-order chi connectivity index (χ0) is 20.6. The van der Waals surface area contributed by atoms with Gasteiger partial charge in [-0.15, -0.1) is 0 Å². The van der Waals surface area contributed by atoms with E-state index in [1.54, 1.807) is 7.11 Å². The van der Waals surface area contributed by atoms with Crippen LogP contribution < -0.4 is 10.1 Å². The smallest absolute Gasteiger partial charge is 0.317 e. The number of methoxy groups -OCH3 is 1. The van der Waals surface area contributed by atoms with E-state index < -0.39 is 0 Å². The van der Waals surface area contributed by atoms with Crippen LogP contribution in [0.25, 0.3) is 0 Å². The summed E-state index contributed by atoms with van der Waals surface area (Å²) in [6.45, 7) is 8.08.